The van der Waals surface area contributed by atoms with E-state index in [1.165, 1.54) is 0 Å². The van der Waals surface area contributed by atoms with E-state index in [1.807, 2.05) is 36.4 Å². The Morgan fingerprint density at radius 3 is 2.21 bits per heavy atom. The average molecular weight is 330 g/mol. The second-order valence-corrected chi connectivity index (χ2v) is 4.89. The van der Waals surface area contributed by atoms with Gasteiger partial charge in [0.25, 0.3) is 0 Å². The third kappa shape index (κ3) is 4.32. The van der Waals surface area contributed by atoms with E-state index in [4.69, 9.17) is 18.9 Å². The summed E-state index contributed by atoms with van der Waals surface area (Å²) in [5.74, 6) is 2.87. The van der Waals surface area contributed by atoms with Gasteiger partial charge in [0.1, 0.15) is 11.5 Å². The van der Waals surface area contributed by atoms with Crippen LogP contribution in [0.5, 0.6) is 23.0 Å². The fraction of sp³-hybridized carbons (Fsp3) is 0.278. The van der Waals surface area contributed by atoms with E-state index in [-0.39, 0.29) is 0 Å². The first-order chi connectivity index (χ1) is 11.7. The quantitative estimate of drug-likeness (QED) is 0.596. The molecule has 0 heterocycles. The Morgan fingerprint density at radius 2 is 1.54 bits per heavy atom. The molecule has 24 heavy (non-hydrogen) atoms. The second kappa shape index (κ2) is 8.67. The van der Waals surface area contributed by atoms with Crippen LogP contribution in [0, 0.1) is 0 Å². The molecule has 0 saturated heterocycles. The molecule has 0 spiro atoms. The summed E-state index contributed by atoms with van der Waals surface area (Å²) >= 11 is 0. The summed E-state index contributed by atoms with van der Waals surface area (Å²) in [6.07, 6.45) is 1.70. The van der Waals surface area contributed by atoms with E-state index in [9.17, 15) is 0 Å². The van der Waals surface area contributed by atoms with Crippen LogP contribution in [0.4, 0.5) is 0 Å². The SMILES string of the molecule is COc1ccc(OC)c(/C=N/NCc2ccc(OC)c(OC)c2)c1. The number of rotatable bonds is 8. The Hall–Kier alpha value is -2.89. The van der Waals surface area contributed by atoms with E-state index >= 15 is 0 Å². The zero-order valence-electron chi connectivity index (χ0n) is 14.3. The Labute approximate surface area is 142 Å². The third-order valence-corrected chi connectivity index (χ3v) is 3.46. The molecular weight excluding hydrogens is 308 g/mol. The largest absolute Gasteiger partial charge is 0.497 e. The van der Waals surface area contributed by atoms with Gasteiger partial charge in [0, 0.05) is 5.56 Å². The molecule has 0 radical (unpaired) electrons. The topological polar surface area (TPSA) is 61.3 Å². The van der Waals surface area contributed by atoms with Crippen molar-refractivity contribution in [2.24, 2.45) is 5.10 Å². The highest BCUT2D eigenvalue weighted by atomic mass is 16.5. The summed E-state index contributed by atoms with van der Waals surface area (Å²) in [5.41, 5.74) is 4.86. The van der Waals surface area contributed by atoms with Crippen molar-refractivity contribution >= 4 is 6.21 Å². The van der Waals surface area contributed by atoms with Crippen LogP contribution in [0.15, 0.2) is 41.5 Å². The molecule has 0 atom stereocenters. The predicted octanol–water partition coefficient (Wildman–Crippen LogP) is 2.84. The standard InChI is InChI=1S/C18H22N2O4/c1-21-15-6-8-16(22-2)14(10-15)12-20-19-11-13-5-7-17(23-3)18(9-13)24-4/h5-10,12,19H,11H2,1-4H3/b20-12+. The summed E-state index contributed by atoms with van der Waals surface area (Å²) in [4.78, 5) is 0. The first-order valence-electron chi connectivity index (χ1n) is 7.40. The maximum Gasteiger partial charge on any atom is 0.161 e. The maximum atomic E-state index is 5.31. The molecule has 0 aromatic heterocycles. The number of hydrazone groups is 1. The number of methoxy groups -OCH3 is 4. The number of nitrogens with zero attached hydrogens (tertiary/aromatic N) is 1. The molecule has 2 aromatic carbocycles. The minimum absolute atomic E-state index is 0.559. The molecular formula is C18H22N2O4. The summed E-state index contributed by atoms with van der Waals surface area (Å²) in [6.45, 7) is 0.559. The van der Waals surface area contributed by atoms with Gasteiger partial charge >= 0.3 is 0 Å². The lowest BCUT2D eigenvalue weighted by Gasteiger charge is -2.09. The maximum absolute atomic E-state index is 5.31. The van der Waals surface area contributed by atoms with Crippen LogP contribution in [0.2, 0.25) is 0 Å². The molecule has 6 heteroatoms. The van der Waals surface area contributed by atoms with Gasteiger partial charge in [0.2, 0.25) is 0 Å². The van der Waals surface area contributed by atoms with Gasteiger partial charge < -0.3 is 24.4 Å². The Kier molecular flexibility index (Phi) is 6.31. The van der Waals surface area contributed by atoms with Crippen LogP contribution >= 0.6 is 0 Å². The van der Waals surface area contributed by atoms with Crippen LogP contribution in [0.3, 0.4) is 0 Å². The number of hydrogen-bond acceptors (Lipinski definition) is 6. The van der Waals surface area contributed by atoms with Gasteiger partial charge in [-0.3, -0.25) is 0 Å². The van der Waals surface area contributed by atoms with Crippen LogP contribution in [0.25, 0.3) is 0 Å². The van der Waals surface area contributed by atoms with Crippen molar-refractivity contribution in [3.05, 3.63) is 47.5 Å². The van der Waals surface area contributed by atoms with Crippen molar-refractivity contribution in [3.8, 4) is 23.0 Å². The van der Waals surface area contributed by atoms with Crippen LogP contribution < -0.4 is 24.4 Å². The first kappa shape index (κ1) is 17.5. The number of hydrogen-bond donors (Lipinski definition) is 1. The molecule has 6 nitrogen and oxygen atoms in total. The first-order valence-corrected chi connectivity index (χ1v) is 7.40. The Morgan fingerprint density at radius 1 is 0.833 bits per heavy atom. The van der Waals surface area contributed by atoms with Gasteiger partial charge in [0.15, 0.2) is 11.5 Å². The lowest BCUT2D eigenvalue weighted by molar-refractivity contribution is 0.354. The summed E-state index contributed by atoms with van der Waals surface area (Å²) in [6, 6.07) is 11.3. The van der Waals surface area contributed by atoms with E-state index in [1.54, 1.807) is 34.7 Å². The Balaban J connectivity index is 2.02. The normalized spacial score (nSPS) is 10.5. The van der Waals surface area contributed by atoms with Gasteiger partial charge in [-0.05, 0) is 35.9 Å². The second-order valence-electron chi connectivity index (χ2n) is 4.89. The highest BCUT2D eigenvalue weighted by Gasteiger charge is 2.04. The molecule has 128 valence electrons. The zero-order valence-corrected chi connectivity index (χ0v) is 14.3. The van der Waals surface area contributed by atoms with E-state index in [0.29, 0.717) is 18.0 Å². The van der Waals surface area contributed by atoms with Gasteiger partial charge in [-0.2, -0.15) is 5.10 Å². The number of ether oxygens (including phenoxy) is 4. The van der Waals surface area contributed by atoms with Crippen molar-refractivity contribution in [1.29, 1.82) is 0 Å². The highest BCUT2D eigenvalue weighted by Crippen LogP contribution is 2.27. The summed E-state index contributed by atoms with van der Waals surface area (Å²) in [7, 11) is 6.47. The zero-order chi connectivity index (χ0) is 17.4. The van der Waals surface area contributed by atoms with Crippen molar-refractivity contribution in [2.45, 2.75) is 6.54 Å². The van der Waals surface area contributed by atoms with Crippen molar-refractivity contribution in [2.75, 3.05) is 28.4 Å². The van der Waals surface area contributed by atoms with Gasteiger partial charge in [-0.15, -0.1) is 0 Å². The molecule has 1 N–H and O–H groups in total. The van der Waals surface area contributed by atoms with Gasteiger partial charge in [-0.25, -0.2) is 0 Å². The minimum Gasteiger partial charge on any atom is -0.497 e. The van der Waals surface area contributed by atoms with Crippen LogP contribution in [-0.4, -0.2) is 34.7 Å². The molecule has 0 aliphatic heterocycles. The number of nitrogens with one attached hydrogen (secondary N) is 1. The molecule has 0 amide bonds. The highest BCUT2D eigenvalue weighted by molar-refractivity contribution is 5.84. The van der Waals surface area contributed by atoms with Gasteiger partial charge in [0.05, 0.1) is 41.2 Å². The third-order valence-electron chi connectivity index (χ3n) is 3.46. The lowest BCUT2D eigenvalue weighted by Crippen LogP contribution is -2.06. The molecule has 0 fully saturated rings. The molecule has 0 aliphatic rings. The van der Waals surface area contributed by atoms with E-state index in [0.717, 1.165) is 22.6 Å². The monoisotopic (exact) mass is 330 g/mol. The molecule has 2 rings (SSSR count). The molecule has 0 saturated carbocycles. The van der Waals surface area contributed by atoms with Gasteiger partial charge in [-0.1, -0.05) is 6.07 Å². The smallest absolute Gasteiger partial charge is 0.161 e. The van der Waals surface area contributed by atoms with E-state index in [2.05, 4.69) is 10.5 Å². The summed E-state index contributed by atoms with van der Waals surface area (Å²) in [5, 5.41) is 4.24. The molecule has 0 aliphatic carbocycles. The minimum atomic E-state index is 0.559. The molecule has 0 unspecified atom stereocenters. The van der Waals surface area contributed by atoms with Crippen molar-refractivity contribution in [3.63, 3.8) is 0 Å². The van der Waals surface area contributed by atoms with Crippen LogP contribution in [-0.2, 0) is 6.54 Å². The fourth-order valence-corrected chi connectivity index (χ4v) is 2.18. The predicted molar refractivity (Wildman–Crippen MR) is 93.5 cm³/mol. The Bertz CT molecular complexity index is 701. The number of benzene rings is 2. The van der Waals surface area contributed by atoms with Crippen molar-refractivity contribution in [1.82, 2.24) is 5.43 Å². The average Bonchev–Trinajstić information content (AvgIpc) is 2.64. The van der Waals surface area contributed by atoms with E-state index < -0.39 is 0 Å². The molecule has 0 bridgehead atoms. The summed E-state index contributed by atoms with van der Waals surface area (Å²) < 4.78 is 21.0. The fourth-order valence-electron chi connectivity index (χ4n) is 2.18. The van der Waals surface area contributed by atoms with Crippen LogP contribution in [0.1, 0.15) is 11.1 Å². The molecule has 2 aromatic rings. The van der Waals surface area contributed by atoms with Crippen molar-refractivity contribution < 1.29 is 18.9 Å². The lowest BCUT2D eigenvalue weighted by atomic mass is 10.2.